The Morgan fingerprint density at radius 3 is 1.80 bits per heavy atom. The number of anilines is 1. The second-order valence-corrected chi connectivity index (χ2v) is 28.9. The third kappa shape index (κ3) is 24.1. The van der Waals surface area contributed by atoms with E-state index in [1.54, 1.807) is 68.8 Å². The van der Waals surface area contributed by atoms with Crippen LogP contribution in [0.15, 0.2) is 54.6 Å². The van der Waals surface area contributed by atoms with E-state index in [9.17, 15) is 74.7 Å². The summed E-state index contributed by atoms with van der Waals surface area (Å²) in [7, 11) is 8.31. The number of likely N-dealkylation sites (N-methyl/N-ethyl adjacent to an activating group) is 2. The third-order valence-corrected chi connectivity index (χ3v) is 19.9. The van der Waals surface area contributed by atoms with Crippen molar-refractivity contribution in [1.29, 1.82) is 0 Å². The summed E-state index contributed by atoms with van der Waals surface area (Å²) in [4.78, 5) is 157. The van der Waals surface area contributed by atoms with Crippen molar-refractivity contribution in [3.63, 3.8) is 0 Å². The number of primary amides is 1. The van der Waals surface area contributed by atoms with Gasteiger partial charge < -0.3 is 71.9 Å². The fourth-order valence-corrected chi connectivity index (χ4v) is 13.8. The Bertz CT molecular complexity index is 3480. The molecule has 2 aliphatic rings. The number of esters is 1. The lowest BCUT2D eigenvalue weighted by molar-refractivity contribution is -0.148. The van der Waals surface area contributed by atoms with E-state index in [1.165, 1.54) is 19.1 Å². The lowest BCUT2D eigenvalue weighted by Gasteiger charge is -2.41. The molecule has 5 rings (SSSR count). The number of carbonyl (C=O) groups is 11. The summed E-state index contributed by atoms with van der Waals surface area (Å²) in [6.07, 6.45) is -0.549. The SMILES string of the molecule is CC[C@H](C)[C@@H]([C@@H](CC(=O)N1CCC[C@H]1[C@H](OC)[C@@H](C)C(=O)N[C@@H](Cc1ccccc1)C(=O)NCc1ccc(NC(=O)[C@H](CCCNC(N)=O)NC(=O)[C@@H](NC(=O)CCC(=O)N2CC[C@H](C(=O)Oc3c(F)c(F)c(F)c(F)c3F)C[C@@H]2C)C(C)C)cc1)OC)N(C)C(=O)[C@@H](NC(=O)[C@H](C(C)C)N(C)C)C(C)C. The fourth-order valence-electron chi connectivity index (χ4n) is 13.8. The molecule has 0 aliphatic carbocycles. The predicted molar refractivity (Wildman–Crippen MR) is 385 cm³/mol. The molecule has 3 aromatic carbocycles. The molecule has 0 saturated carbocycles. The quantitative estimate of drug-likeness (QED) is 0.00769. The number of carbonyl (C=O) groups excluding carboxylic acids is 11. The van der Waals surface area contributed by atoms with E-state index < -0.39 is 167 Å². The van der Waals surface area contributed by atoms with Crippen molar-refractivity contribution in [3.05, 3.63) is 94.8 Å². The monoisotopic (exact) mass is 1500 g/mol. The number of urea groups is 1. The molecule has 9 N–H and O–H groups in total. The fraction of sp³-hybridized carbons (Fsp3) is 0.613. The van der Waals surface area contributed by atoms with Crippen molar-refractivity contribution in [1.82, 2.24) is 51.5 Å². The first kappa shape index (κ1) is 87.8. The first-order valence-electron chi connectivity index (χ1n) is 36.2. The molecule has 0 bridgehead atoms. The highest BCUT2D eigenvalue weighted by atomic mass is 19.2. The van der Waals surface area contributed by atoms with Gasteiger partial charge in [-0.15, -0.1) is 0 Å². The van der Waals surface area contributed by atoms with Gasteiger partial charge in [-0.05, 0) is 106 Å². The van der Waals surface area contributed by atoms with Gasteiger partial charge in [-0.25, -0.2) is 18.0 Å². The van der Waals surface area contributed by atoms with Crippen molar-refractivity contribution in [2.24, 2.45) is 41.2 Å². The van der Waals surface area contributed by atoms with Crippen LogP contribution in [0.25, 0.3) is 0 Å². The van der Waals surface area contributed by atoms with E-state index in [2.05, 4.69) is 42.0 Å². The van der Waals surface area contributed by atoms with Crippen LogP contribution in [-0.4, -0.2) is 200 Å². The molecule has 2 fully saturated rings. The molecule has 106 heavy (non-hydrogen) atoms. The zero-order valence-electron chi connectivity index (χ0n) is 63.5. The average Bonchev–Trinajstić information content (AvgIpc) is 0.894. The number of halogens is 5. The highest BCUT2D eigenvalue weighted by molar-refractivity contribution is 5.99. The number of rotatable bonds is 38. The molecular formula is C75H109F5N12O14. The van der Waals surface area contributed by atoms with Crippen molar-refractivity contribution in [2.75, 3.05) is 60.3 Å². The van der Waals surface area contributed by atoms with Gasteiger partial charge in [0.2, 0.25) is 88.0 Å². The average molecular weight is 1500 g/mol. The van der Waals surface area contributed by atoms with Gasteiger partial charge in [-0.2, -0.15) is 8.78 Å². The van der Waals surface area contributed by atoms with Crippen molar-refractivity contribution in [3.8, 4) is 5.75 Å². The lowest BCUT2D eigenvalue weighted by atomic mass is 9.89. The molecule has 2 saturated heterocycles. The van der Waals surface area contributed by atoms with Crippen LogP contribution >= 0.6 is 0 Å². The number of benzene rings is 3. The summed E-state index contributed by atoms with van der Waals surface area (Å²) in [6, 6.07) is 8.08. The minimum atomic E-state index is -2.42. The molecule has 13 atom stereocenters. The van der Waals surface area contributed by atoms with Gasteiger partial charge in [0.1, 0.15) is 24.2 Å². The Morgan fingerprint density at radius 1 is 0.632 bits per heavy atom. The summed E-state index contributed by atoms with van der Waals surface area (Å²) in [5.74, 6) is -22.0. The molecule has 0 unspecified atom stereocenters. The number of nitrogens with two attached hydrogens (primary N) is 1. The number of likely N-dealkylation sites (tertiary alicyclic amines) is 2. The van der Waals surface area contributed by atoms with E-state index in [0.717, 1.165) is 5.56 Å². The van der Waals surface area contributed by atoms with E-state index in [-0.39, 0.29) is 100 Å². The molecule has 0 spiro atoms. The summed E-state index contributed by atoms with van der Waals surface area (Å²) in [5, 5.41) is 19.4. The zero-order valence-corrected chi connectivity index (χ0v) is 63.5. The normalized spacial score (nSPS) is 18.1. The Kier molecular flexibility index (Phi) is 34.2. The lowest BCUT2D eigenvalue weighted by Crippen LogP contribution is -2.59. The maximum atomic E-state index is 14.7. The maximum Gasteiger partial charge on any atom is 0.314 e. The number of methoxy groups -OCH3 is 2. The molecule has 0 radical (unpaired) electrons. The standard InChI is InChI=1S/C75H109F5N12O14/c1-16-43(8)65(90(13)73(101)63(41(4)5)88-72(100)64(42(6)7)89(11)12)53(104-14)38-56(95)92-34-21-25-52(92)66(105-15)45(10)68(96)86-51(37-46-22-18-17-19-23-46)69(97)83-39-47-26-28-49(29-27-47)84-70(98)50(24-20-33-82-75(81)103)85-71(99)62(40(2)3)87-54(93)30-31-55(94)91-35-32-48(36-44(91)9)74(102)106-67-60(79)58(77)57(76)59(78)61(67)80/h17-19,22-23,26-29,40-45,48,50-53,62-66H,16,20-21,24-25,30-39H2,1-15H3,(H,83,97)(H,84,98)(H,85,99)(H,86,96)(H,87,93)(H,88,100)(H3,81,82,103)/t43-,44-,45+,48-,50-,51-,52-,53+,62-,63-,64-,65-,66+/m0/s1. The third-order valence-electron chi connectivity index (χ3n) is 19.9. The van der Waals surface area contributed by atoms with Crippen LogP contribution in [0.5, 0.6) is 5.75 Å². The first-order valence-corrected chi connectivity index (χ1v) is 36.2. The van der Waals surface area contributed by atoms with Crippen LogP contribution in [0.2, 0.25) is 0 Å². The molecule has 26 nitrogen and oxygen atoms in total. The van der Waals surface area contributed by atoms with Crippen LogP contribution in [0.1, 0.15) is 145 Å². The van der Waals surface area contributed by atoms with Crippen LogP contribution in [0.3, 0.4) is 0 Å². The predicted octanol–water partition coefficient (Wildman–Crippen LogP) is 6.40. The van der Waals surface area contributed by atoms with Gasteiger partial charge in [-0.3, -0.25) is 52.8 Å². The highest BCUT2D eigenvalue weighted by Crippen LogP contribution is 2.34. The number of hydrogen-bond acceptors (Lipinski definition) is 15. The highest BCUT2D eigenvalue weighted by Gasteiger charge is 2.45. The minimum Gasteiger partial charge on any atom is -0.420 e. The number of amides is 11. The van der Waals surface area contributed by atoms with Gasteiger partial charge in [0, 0.05) is 78.4 Å². The van der Waals surface area contributed by atoms with Crippen LogP contribution in [0.4, 0.5) is 32.4 Å². The summed E-state index contributed by atoms with van der Waals surface area (Å²) in [5.41, 5.74) is 6.91. The van der Waals surface area contributed by atoms with E-state index in [0.29, 0.717) is 37.1 Å². The molecule has 2 aliphatic heterocycles. The summed E-state index contributed by atoms with van der Waals surface area (Å²) < 4.78 is 86.4. The molecule has 11 amide bonds. The zero-order chi connectivity index (χ0) is 79.1. The Balaban J connectivity index is 1.20. The van der Waals surface area contributed by atoms with Crippen molar-refractivity contribution >= 4 is 70.9 Å². The Morgan fingerprint density at radius 2 is 1.25 bits per heavy atom. The van der Waals surface area contributed by atoms with Gasteiger partial charge in [0.25, 0.3) is 0 Å². The van der Waals surface area contributed by atoms with Crippen LogP contribution in [-0.2, 0) is 70.4 Å². The van der Waals surface area contributed by atoms with Gasteiger partial charge in [-0.1, -0.05) is 111 Å². The van der Waals surface area contributed by atoms with Crippen LogP contribution < -0.4 is 47.7 Å². The van der Waals surface area contributed by atoms with Crippen molar-refractivity contribution in [2.45, 2.75) is 207 Å². The largest absolute Gasteiger partial charge is 0.420 e. The van der Waals surface area contributed by atoms with Gasteiger partial charge in [0.15, 0.2) is 0 Å². The number of nitrogens with one attached hydrogen (secondary N) is 7. The topological polar surface area (TPSA) is 339 Å². The summed E-state index contributed by atoms with van der Waals surface area (Å²) in [6.45, 7) is 18.5. The molecule has 0 aromatic heterocycles. The molecule has 2 heterocycles. The van der Waals surface area contributed by atoms with E-state index in [4.69, 9.17) is 15.2 Å². The Hall–Kier alpha value is -8.84. The number of hydrogen-bond donors (Lipinski definition) is 8. The first-order chi connectivity index (χ1) is 50.0. The molecule has 588 valence electrons. The molecule has 3 aromatic rings. The minimum absolute atomic E-state index is 0.0115. The number of ether oxygens (including phenoxy) is 3. The van der Waals surface area contributed by atoms with E-state index >= 15 is 0 Å². The molecule has 31 heteroatoms. The Labute approximate surface area is 618 Å². The van der Waals surface area contributed by atoms with Crippen LogP contribution in [0, 0.1) is 64.6 Å². The number of piperidine rings is 1. The second-order valence-electron chi connectivity index (χ2n) is 28.9. The molecular weight excluding hydrogens is 1390 g/mol. The van der Waals surface area contributed by atoms with E-state index in [1.807, 2.05) is 90.9 Å². The smallest absolute Gasteiger partial charge is 0.314 e. The van der Waals surface area contributed by atoms with Crippen molar-refractivity contribution < 1.29 is 88.9 Å². The second kappa shape index (κ2) is 41.3. The van der Waals surface area contributed by atoms with Gasteiger partial charge in [0.05, 0.1) is 48.6 Å². The number of nitrogens with zero attached hydrogens (tertiary/aromatic N) is 4. The summed E-state index contributed by atoms with van der Waals surface area (Å²) >= 11 is 0. The maximum absolute atomic E-state index is 14.7. The van der Waals surface area contributed by atoms with Gasteiger partial charge >= 0.3 is 12.0 Å².